The average molecular weight is 427 g/mol. The van der Waals surface area contributed by atoms with Crippen LogP contribution in [0.2, 0.25) is 0 Å². The van der Waals surface area contributed by atoms with Gasteiger partial charge in [0.15, 0.2) is 5.69 Å². The van der Waals surface area contributed by atoms with Crippen LogP contribution in [0.3, 0.4) is 0 Å². The largest absolute Gasteiger partial charge is 0.349 e. The zero-order chi connectivity index (χ0) is 21.8. The molecular formula is C25H38N4O2. The number of amides is 2. The van der Waals surface area contributed by atoms with Crippen LogP contribution in [0.5, 0.6) is 0 Å². The smallest absolute Gasteiger partial charge is 0.272 e. The van der Waals surface area contributed by atoms with E-state index in [2.05, 4.69) is 16.9 Å². The van der Waals surface area contributed by atoms with Crippen molar-refractivity contribution < 1.29 is 9.59 Å². The maximum Gasteiger partial charge on any atom is 0.272 e. The molecule has 4 aliphatic rings. The molecule has 1 aromatic rings. The minimum Gasteiger partial charge on any atom is -0.349 e. The Hall–Kier alpha value is -1.85. The van der Waals surface area contributed by atoms with Crippen molar-refractivity contribution in [1.29, 1.82) is 0 Å². The Morgan fingerprint density at radius 3 is 2.55 bits per heavy atom. The van der Waals surface area contributed by atoms with E-state index < -0.39 is 0 Å². The maximum absolute atomic E-state index is 13.5. The number of carbonyl (C=O) groups is 2. The summed E-state index contributed by atoms with van der Waals surface area (Å²) in [7, 11) is 3.65. The van der Waals surface area contributed by atoms with Gasteiger partial charge in [0.2, 0.25) is 5.91 Å². The lowest BCUT2D eigenvalue weighted by Crippen LogP contribution is -2.44. The predicted molar refractivity (Wildman–Crippen MR) is 120 cm³/mol. The summed E-state index contributed by atoms with van der Waals surface area (Å²) >= 11 is 0. The first-order valence-corrected chi connectivity index (χ1v) is 12.5. The van der Waals surface area contributed by atoms with Crippen LogP contribution in [0.1, 0.15) is 98.9 Å². The second kappa shape index (κ2) is 7.93. The number of nitrogens with zero attached hydrogens (tertiary/aromatic N) is 3. The van der Waals surface area contributed by atoms with Gasteiger partial charge in [0, 0.05) is 37.3 Å². The highest BCUT2D eigenvalue weighted by atomic mass is 16.2. The van der Waals surface area contributed by atoms with Gasteiger partial charge in [0.1, 0.15) is 0 Å². The fourth-order valence-corrected chi connectivity index (χ4v) is 7.02. The highest BCUT2D eigenvalue weighted by Gasteiger charge is 2.49. The van der Waals surface area contributed by atoms with Crippen molar-refractivity contribution >= 4 is 11.8 Å². The van der Waals surface area contributed by atoms with Crippen LogP contribution in [-0.4, -0.2) is 46.6 Å². The lowest BCUT2D eigenvalue weighted by atomic mass is 9.81. The molecule has 1 N–H and O–H groups in total. The van der Waals surface area contributed by atoms with Crippen molar-refractivity contribution in [2.75, 3.05) is 14.1 Å². The summed E-state index contributed by atoms with van der Waals surface area (Å²) < 4.78 is 2.20. The van der Waals surface area contributed by atoms with E-state index in [1.54, 1.807) is 4.90 Å². The topological polar surface area (TPSA) is 67.2 Å². The van der Waals surface area contributed by atoms with Crippen LogP contribution < -0.4 is 5.32 Å². The summed E-state index contributed by atoms with van der Waals surface area (Å²) in [4.78, 5) is 27.9. The molecule has 0 aromatic carbocycles. The molecule has 4 atom stereocenters. The van der Waals surface area contributed by atoms with Gasteiger partial charge in [-0.15, -0.1) is 0 Å². The standard InChI is InChI=1S/C25H38N4O2/c1-25-12-11-16(15-25)13-21(25)26-23(30)22-19-14-17(24(31)28(2)3)9-10-20(19)29(27-22)18-7-5-4-6-8-18/h16-18,21H,4-15H2,1-3H3,(H,26,30). The van der Waals surface area contributed by atoms with Crippen molar-refractivity contribution in [3.05, 3.63) is 17.0 Å². The number of aromatic nitrogens is 2. The molecule has 1 heterocycles. The molecule has 2 amide bonds. The third-order valence-electron chi connectivity index (χ3n) is 8.82. The van der Waals surface area contributed by atoms with E-state index in [1.165, 1.54) is 44.2 Å². The summed E-state index contributed by atoms with van der Waals surface area (Å²) in [5.41, 5.74) is 3.11. The molecule has 5 rings (SSSR count). The van der Waals surface area contributed by atoms with Gasteiger partial charge in [-0.2, -0.15) is 5.10 Å². The van der Waals surface area contributed by atoms with Gasteiger partial charge in [-0.05, 0) is 69.1 Å². The first kappa shape index (κ1) is 21.0. The summed E-state index contributed by atoms with van der Waals surface area (Å²) in [6.07, 6.45) is 13.3. The first-order valence-electron chi connectivity index (χ1n) is 12.5. The average Bonchev–Trinajstić information content (AvgIpc) is 3.43. The van der Waals surface area contributed by atoms with Crippen LogP contribution in [0.4, 0.5) is 0 Å². The number of nitrogens with one attached hydrogen (secondary N) is 1. The quantitative estimate of drug-likeness (QED) is 0.794. The van der Waals surface area contributed by atoms with Crippen molar-refractivity contribution in [3.8, 4) is 0 Å². The number of hydrogen-bond donors (Lipinski definition) is 1. The fraction of sp³-hybridized carbons (Fsp3) is 0.800. The fourth-order valence-electron chi connectivity index (χ4n) is 7.02. The van der Waals surface area contributed by atoms with Crippen molar-refractivity contribution in [1.82, 2.24) is 20.0 Å². The van der Waals surface area contributed by atoms with Gasteiger partial charge < -0.3 is 10.2 Å². The molecule has 3 saturated carbocycles. The molecular weight excluding hydrogens is 388 g/mol. The lowest BCUT2D eigenvalue weighted by Gasteiger charge is -2.32. The van der Waals surface area contributed by atoms with E-state index in [1.807, 2.05) is 14.1 Å². The van der Waals surface area contributed by atoms with Gasteiger partial charge in [-0.3, -0.25) is 14.3 Å². The predicted octanol–water partition coefficient (Wildman–Crippen LogP) is 3.89. The van der Waals surface area contributed by atoms with Crippen LogP contribution in [0.25, 0.3) is 0 Å². The number of carbonyl (C=O) groups excluding carboxylic acids is 2. The molecule has 1 aromatic heterocycles. The Labute approximate surface area is 186 Å². The van der Waals surface area contributed by atoms with Crippen molar-refractivity contribution in [2.45, 2.75) is 96.1 Å². The normalized spacial score (nSPS) is 32.7. The Balaban J connectivity index is 1.44. The molecule has 0 radical (unpaired) electrons. The van der Waals surface area contributed by atoms with Gasteiger partial charge in [-0.1, -0.05) is 26.2 Å². The number of hydrogen-bond acceptors (Lipinski definition) is 3. The van der Waals surface area contributed by atoms with Gasteiger partial charge in [-0.25, -0.2) is 0 Å². The van der Waals surface area contributed by atoms with E-state index in [4.69, 9.17) is 5.10 Å². The van der Waals surface area contributed by atoms with Gasteiger partial charge >= 0.3 is 0 Å². The second-order valence-corrected chi connectivity index (χ2v) is 11.2. The molecule has 0 spiro atoms. The monoisotopic (exact) mass is 426 g/mol. The molecule has 6 nitrogen and oxygen atoms in total. The zero-order valence-corrected chi connectivity index (χ0v) is 19.5. The van der Waals surface area contributed by atoms with E-state index in [0.29, 0.717) is 18.2 Å². The summed E-state index contributed by atoms with van der Waals surface area (Å²) in [5.74, 6) is 0.884. The molecule has 6 heteroatoms. The third kappa shape index (κ3) is 3.70. The van der Waals surface area contributed by atoms with E-state index >= 15 is 0 Å². The molecule has 3 fully saturated rings. The Kier molecular flexibility index (Phi) is 5.38. The Morgan fingerprint density at radius 1 is 1.13 bits per heavy atom. The van der Waals surface area contributed by atoms with Crippen LogP contribution >= 0.6 is 0 Å². The van der Waals surface area contributed by atoms with E-state index in [9.17, 15) is 9.59 Å². The third-order valence-corrected chi connectivity index (χ3v) is 8.82. The maximum atomic E-state index is 13.5. The Bertz CT molecular complexity index is 869. The number of fused-ring (bicyclic) bond motifs is 3. The second-order valence-electron chi connectivity index (χ2n) is 11.2. The van der Waals surface area contributed by atoms with Crippen LogP contribution in [0.15, 0.2) is 0 Å². The zero-order valence-electron chi connectivity index (χ0n) is 19.5. The van der Waals surface area contributed by atoms with Gasteiger partial charge in [0.05, 0.1) is 6.04 Å². The SMILES string of the molecule is CN(C)C(=O)C1CCc2c(c(C(=O)NC3CC4CCC3(C)C4)nn2C2CCCCC2)C1. The highest BCUT2D eigenvalue weighted by Crippen LogP contribution is 2.53. The van der Waals surface area contributed by atoms with Crippen molar-refractivity contribution in [2.24, 2.45) is 17.3 Å². The molecule has 4 unspecified atom stereocenters. The van der Waals surface area contributed by atoms with Gasteiger partial charge in [0.25, 0.3) is 5.91 Å². The molecule has 31 heavy (non-hydrogen) atoms. The Morgan fingerprint density at radius 2 is 1.90 bits per heavy atom. The minimum absolute atomic E-state index is 0.0115. The summed E-state index contributed by atoms with van der Waals surface area (Å²) in [6.45, 7) is 2.34. The van der Waals surface area contributed by atoms with Crippen molar-refractivity contribution in [3.63, 3.8) is 0 Å². The molecule has 4 aliphatic carbocycles. The molecule has 0 aliphatic heterocycles. The first-order chi connectivity index (χ1) is 14.9. The molecule has 170 valence electrons. The number of rotatable bonds is 4. The van der Waals surface area contributed by atoms with Crippen LogP contribution in [0, 0.1) is 17.3 Å². The summed E-state index contributed by atoms with van der Waals surface area (Å²) in [6, 6.07) is 0.669. The van der Waals surface area contributed by atoms with Crippen LogP contribution in [-0.2, 0) is 17.6 Å². The summed E-state index contributed by atoms with van der Waals surface area (Å²) in [5, 5.41) is 8.35. The molecule has 0 saturated heterocycles. The lowest BCUT2D eigenvalue weighted by molar-refractivity contribution is -0.133. The highest BCUT2D eigenvalue weighted by molar-refractivity contribution is 5.94. The minimum atomic E-state index is -0.0435. The van der Waals surface area contributed by atoms with E-state index in [-0.39, 0.29) is 29.2 Å². The van der Waals surface area contributed by atoms with E-state index in [0.717, 1.165) is 43.6 Å². The molecule has 2 bridgehead atoms.